The van der Waals surface area contributed by atoms with E-state index in [1.807, 2.05) is 18.2 Å². The van der Waals surface area contributed by atoms with Gasteiger partial charge in [0, 0.05) is 17.2 Å². The molecule has 1 aliphatic carbocycles. The number of nitrogens with two attached hydrogens (primary N) is 1. The van der Waals surface area contributed by atoms with E-state index in [0.29, 0.717) is 5.69 Å². The third kappa shape index (κ3) is 2.46. The highest BCUT2D eigenvalue weighted by atomic mass is 16.1. The second-order valence-electron chi connectivity index (χ2n) is 5.71. The Kier molecular flexibility index (Phi) is 3.31. The Morgan fingerprint density at radius 3 is 2.65 bits per heavy atom. The quantitative estimate of drug-likeness (QED) is 0.844. The summed E-state index contributed by atoms with van der Waals surface area (Å²) in [5.41, 5.74) is 10.9. The minimum Gasteiger partial charge on any atom is -0.399 e. The first-order chi connectivity index (χ1) is 9.63. The van der Waals surface area contributed by atoms with Crippen molar-refractivity contribution in [3.63, 3.8) is 0 Å². The number of benzene rings is 2. The fourth-order valence-electron chi connectivity index (χ4n) is 2.93. The van der Waals surface area contributed by atoms with Crippen molar-refractivity contribution in [2.24, 2.45) is 5.92 Å². The second kappa shape index (κ2) is 5.12. The molecule has 2 heteroatoms. The number of rotatable bonds is 2. The first kappa shape index (κ1) is 12.9. The Labute approximate surface area is 119 Å². The van der Waals surface area contributed by atoms with Crippen LogP contribution < -0.4 is 5.73 Å². The Hall–Kier alpha value is -2.09. The molecule has 0 saturated heterocycles. The molecule has 0 heterocycles. The highest BCUT2D eigenvalue weighted by Gasteiger charge is 2.27. The molecule has 0 aromatic heterocycles. The van der Waals surface area contributed by atoms with Crippen LogP contribution in [-0.2, 0) is 12.8 Å². The van der Waals surface area contributed by atoms with Gasteiger partial charge in [-0.2, -0.15) is 0 Å². The van der Waals surface area contributed by atoms with Gasteiger partial charge in [-0.1, -0.05) is 35.9 Å². The van der Waals surface area contributed by atoms with Gasteiger partial charge in [0.15, 0.2) is 5.78 Å². The molecule has 0 fully saturated rings. The normalized spacial score (nSPS) is 17.9. The summed E-state index contributed by atoms with van der Waals surface area (Å²) in [5, 5.41) is 0. The molecule has 102 valence electrons. The minimum absolute atomic E-state index is 0.0898. The molecule has 1 aliphatic rings. The topological polar surface area (TPSA) is 43.1 Å². The van der Waals surface area contributed by atoms with Crippen molar-refractivity contribution in [3.8, 4) is 0 Å². The molecule has 2 N–H and O–H groups in total. The lowest BCUT2D eigenvalue weighted by atomic mass is 9.79. The lowest BCUT2D eigenvalue weighted by Gasteiger charge is -2.23. The molecule has 2 nitrogen and oxygen atoms in total. The number of hydrogen-bond donors (Lipinski definition) is 1. The molecule has 0 spiro atoms. The number of carbonyl (C=O) groups is 1. The van der Waals surface area contributed by atoms with E-state index in [2.05, 4.69) is 31.2 Å². The van der Waals surface area contributed by atoms with Crippen LogP contribution in [0.4, 0.5) is 5.69 Å². The van der Waals surface area contributed by atoms with Gasteiger partial charge in [-0.25, -0.2) is 0 Å². The van der Waals surface area contributed by atoms with Crippen LogP contribution >= 0.6 is 0 Å². The molecule has 2 aromatic rings. The van der Waals surface area contributed by atoms with Crippen LogP contribution in [0.15, 0.2) is 42.5 Å². The van der Waals surface area contributed by atoms with E-state index in [4.69, 9.17) is 5.73 Å². The molecule has 0 saturated carbocycles. The number of aryl methyl sites for hydroxylation is 2. The second-order valence-corrected chi connectivity index (χ2v) is 5.71. The van der Waals surface area contributed by atoms with Gasteiger partial charge in [0.05, 0.1) is 0 Å². The summed E-state index contributed by atoms with van der Waals surface area (Å²) in [6.45, 7) is 2.08. The summed E-state index contributed by atoms with van der Waals surface area (Å²) in [6.07, 6.45) is 2.73. The number of nitrogen functional groups attached to an aromatic ring is 1. The zero-order chi connectivity index (χ0) is 14.1. The van der Waals surface area contributed by atoms with Crippen molar-refractivity contribution in [3.05, 3.63) is 64.7 Å². The van der Waals surface area contributed by atoms with E-state index in [9.17, 15) is 4.79 Å². The zero-order valence-electron chi connectivity index (χ0n) is 11.7. The molecular weight excluding hydrogens is 246 g/mol. The number of hydrogen-bond acceptors (Lipinski definition) is 2. The van der Waals surface area contributed by atoms with Crippen molar-refractivity contribution < 1.29 is 4.79 Å². The molecule has 1 unspecified atom stereocenters. The van der Waals surface area contributed by atoms with Gasteiger partial charge < -0.3 is 5.73 Å². The van der Waals surface area contributed by atoms with Crippen LogP contribution in [0.1, 0.15) is 33.5 Å². The van der Waals surface area contributed by atoms with E-state index < -0.39 is 0 Å². The van der Waals surface area contributed by atoms with Gasteiger partial charge in [-0.3, -0.25) is 4.79 Å². The maximum atomic E-state index is 12.6. The zero-order valence-corrected chi connectivity index (χ0v) is 11.7. The van der Waals surface area contributed by atoms with Crippen LogP contribution in [0.2, 0.25) is 0 Å². The number of carbonyl (C=O) groups excluding carboxylic acids is 1. The first-order valence-corrected chi connectivity index (χ1v) is 7.11. The Bertz CT molecular complexity index is 643. The molecule has 0 bridgehead atoms. The van der Waals surface area contributed by atoms with Crippen molar-refractivity contribution in [1.29, 1.82) is 0 Å². The third-order valence-electron chi connectivity index (χ3n) is 4.14. The van der Waals surface area contributed by atoms with E-state index in [1.165, 1.54) is 11.1 Å². The van der Waals surface area contributed by atoms with Crippen molar-refractivity contribution >= 4 is 11.5 Å². The molecule has 20 heavy (non-hydrogen) atoms. The molecule has 0 amide bonds. The molecule has 3 rings (SSSR count). The minimum atomic E-state index is 0.0898. The average molecular weight is 265 g/mol. The Balaban J connectivity index is 1.83. The molecule has 0 radical (unpaired) electrons. The average Bonchev–Trinajstić information content (AvgIpc) is 2.45. The van der Waals surface area contributed by atoms with E-state index >= 15 is 0 Å². The monoisotopic (exact) mass is 265 g/mol. The lowest BCUT2D eigenvalue weighted by Crippen LogP contribution is -2.24. The fraction of sp³-hybridized carbons (Fsp3) is 0.278. The first-order valence-electron chi connectivity index (χ1n) is 7.11. The van der Waals surface area contributed by atoms with Gasteiger partial charge >= 0.3 is 0 Å². The summed E-state index contributed by atoms with van der Waals surface area (Å²) >= 11 is 0. The van der Waals surface area contributed by atoms with Gasteiger partial charge in [-0.15, -0.1) is 0 Å². The maximum Gasteiger partial charge on any atom is 0.166 e. The predicted molar refractivity (Wildman–Crippen MR) is 81.9 cm³/mol. The Morgan fingerprint density at radius 1 is 1.15 bits per heavy atom. The summed E-state index contributed by atoms with van der Waals surface area (Å²) in [5.74, 6) is 0.339. The number of Topliss-reactive ketones (excluding diaryl/α,β-unsaturated/α-hetero) is 1. The Morgan fingerprint density at radius 2 is 1.90 bits per heavy atom. The van der Waals surface area contributed by atoms with E-state index in [0.717, 1.165) is 30.4 Å². The molecule has 0 aliphatic heterocycles. The highest BCUT2D eigenvalue weighted by Crippen LogP contribution is 2.29. The van der Waals surface area contributed by atoms with Gasteiger partial charge in [-0.05, 0) is 49.4 Å². The number of fused-ring (bicyclic) bond motifs is 1. The summed E-state index contributed by atoms with van der Waals surface area (Å²) < 4.78 is 0. The standard InChI is InChI=1S/C18H19NO/c1-12-2-4-13(5-3-12)10-15-7-6-14-8-9-16(19)11-17(14)18(15)20/h2-5,8-9,11,15H,6-7,10,19H2,1H3. The fourth-order valence-corrected chi connectivity index (χ4v) is 2.93. The molecule has 1 atom stereocenters. The third-order valence-corrected chi connectivity index (χ3v) is 4.14. The summed E-state index contributed by atoms with van der Waals surface area (Å²) in [6, 6.07) is 14.2. The number of ketones is 1. The SMILES string of the molecule is Cc1ccc(CC2CCc3ccc(N)cc3C2=O)cc1. The molecule has 2 aromatic carbocycles. The van der Waals surface area contributed by atoms with Crippen LogP contribution in [0.5, 0.6) is 0 Å². The maximum absolute atomic E-state index is 12.6. The van der Waals surface area contributed by atoms with E-state index in [1.54, 1.807) is 0 Å². The van der Waals surface area contributed by atoms with Crippen molar-refractivity contribution in [1.82, 2.24) is 0 Å². The van der Waals surface area contributed by atoms with Crippen molar-refractivity contribution in [2.45, 2.75) is 26.2 Å². The smallest absolute Gasteiger partial charge is 0.166 e. The van der Waals surface area contributed by atoms with Crippen molar-refractivity contribution in [2.75, 3.05) is 5.73 Å². The van der Waals surface area contributed by atoms with Gasteiger partial charge in [0.2, 0.25) is 0 Å². The van der Waals surface area contributed by atoms with E-state index in [-0.39, 0.29) is 11.7 Å². The van der Waals surface area contributed by atoms with Gasteiger partial charge in [0.1, 0.15) is 0 Å². The summed E-state index contributed by atoms with van der Waals surface area (Å²) in [7, 11) is 0. The van der Waals surface area contributed by atoms with Gasteiger partial charge in [0.25, 0.3) is 0 Å². The predicted octanol–water partition coefficient (Wildman–Crippen LogP) is 3.57. The highest BCUT2D eigenvalue weighted by molar-refractivity contribution is 6.01. The molecular formula is C18H19NO. The number of anilines is 1. The van der Waals surface area contributed by atoms with Crippen LogP contribution in [-0.4, -0.2) is 5.78 Å². The summed E-state index contributed by atoms with van der Waals surface area (Å²) in [4.78, 5) is 12.6. The largest absolute Gasteiger partial charge is 0.399 e. The van der Waals surface area contributed by atoms with Crippen LogP contribution in [0.25, 0.3) is 0 Å². The lowest BCUT2D eigenvalue weighted by molar-refractivity contribution is 0.0901. The van der Waals surface area contributed by atoms with Crippen LogP contribution in [0.3, 0.4) is 0 Å². The van der Waals surface area contributed by atoms with Crippen LogP contribution in [0, 0.1) is 12.8 Å².